The van der Waals surface area contributed by atoms with Crippen molar-refractivity contribution in [3.05, 3.63) is 72.8 Å². The number of carboxylic acids is 2. The highest BCUT2D eigenvalue weighted by Gasteiger charge is 2.12. The number of rotatable bonds is 10. The highest BCUT2D eigenvalue weighted by molar-refractivity contribution is 5.87. The maximum atomic E-state index is 11.0. The minimum atomic E-state index is -1.09. The first-order valence-corrected chi connectivity index (χ1v) is 10.7. The predicted octanol–water partition coefficient (Wildman–Crippen LogP) is 4.67. The van der Waals surface area contributed by atoms with Crippen LogP contribution in [0.4, 0.5) is 0 Å². The van der Waals surface area contributed by atoms with E-state index in [1.165, 1.54) is 0 Å². The molecular formula is C26H22N2O6. The first-order chi connectivity index (χ1) is 16.5. The van der Waals surface area contributed by atoms with Crippen LogP contribution in [-0.4, -0.2) is 45.3 Å². The Morgan fingerprint density at radius 3 is 2.29 bits per heavy atom. The smallest absolute Gasteiger partial charge is 0.341 e. The molecular weight excluding hydrogens is 436 g/mol. The van der Waals surface area contributed by atoms with Crippen LogP contribution in [0.25, 0.3) is 33.4 Å². The topological polar surface area (TPSA) is 119 Å². The number of hydrogen-bond donors (Lipinski definition) is 2. The van der Waals surface area contributed by atoms with Crippen LogP contribution in [-0.2, 0) is 9.59 Å². The Morgan fingerprint density at radius 2 is 1.53 bits per heavy atom. The van der Waals surface area contributed by atoms with Crippen LogP contribution >= 0.6 is 0 Å². The third kappa shape index (κ3) is 5.86. The second-order valence-electron chi connectivity index (χ2n) is 7.53. The lowest BCUT2D eigenvalue weighted by Gasteiger charge is -2.10. The van der Waals surface area contributed by atoms with Crippen LogP contribution < -0.4 is 9.47 Å². The Kier molecular flexibility index (Phi) is 6.98. The number of fused-ring (bicyclic) bond motifs is 1. The molecule has 34 heavy (non-hydrogen) atoms. The van der Waals surface area contributed by atoms with E-state index in [1.807, 2.05) is 66.7 Å². The largest absolute Gasteiger partial charge is 0.494 e. The lowest BCUT2D eigenvalue weighted by molar-refractivity contribution is -0.139. The second kappa shape index (κ2) is 10.4. The molecule has 0 fully saturated rings. The highest BCUT2D eigenvalue weighted by Crippen LogP contribution is 2.29. The lowest BCUT2D eigenvalue weighted by atomic mass is 10.1. The van der Waals surface area contributed by atoms with Crippen LogP contribution in [0, 0.1) is 0 Å². The van der Waals surface area contributed by atoms with Crippen molar-refractivity contribution < 1.29 is 29.3 Å². The molecule has 0 spiro atoms. The highest BCUT2D eigenvalue weighted by atomic mass is 16.5. The number of ether oxygens (including phenoxy) is 2. The van der Waals surface area contributed by atoms with Gasteiger partial charge < -0.3 is 19.7 Å². The fourth-order valence-electron chi connectivity index (χ4n) is 3.39. The van der Waals surface area contributed by atoms with Gasteiger partial charge >= 0.3 is 11.9 Å². The quantitative estimate of drug-likeness (QED) is 0.329. The molecule has 0 bridgehead atoms. The zero-order valence-corrected chi connectivity index (χ0v) is 18.2. The summed E-state index contributed by atoms with van der Waals surface area (Å²) in [5.74, 6) is -0.677. The van der Waals surface area contributed by atoms with Crippen LogP contribution in [0.5, 0.6) is 11.6 Å². The van der Waals surface area contributed by atoms with Gasteiger partial charge in [0.05, 0.1) is 12.3 Å². The van der Waals surface area contributed by atoms with Gasteiger partial charge in [0.25, 0.3) is 0 Å². The first-order valence-electron chi connectivity index (χ1n) is 10.7. The van der Waals surface area contributed by atoms with Gasteiger partial charge in [0.15, 0.2) is 12.4 Å². The monoisotopic (exact) mass is 458 g/mol. The summed E-state index contributed by atoms with van der Waals surface area (Å²) in [6, 6.07) is 22.5. The van der Waals surface area contributed by atoms with Crippen molar-refractivity contribution in [2.24, 2.45) is 0 Å². The zero-order chi connectivity index (χ0) is 23.9. The molecule has 0 aliphatic rings. The van der Waals surface area contributed by atoms with Gasteiger partial charge in [-0.25, -0.2) is 9.78 Å². The summed E-state index contributed by atoms with van der Waals surface area (Å²) >= 11 is 0. The number of carboxylic acid groups (broad SMARTS) is 2. The van der Waals surface area contributed by atoms with E-state index >= 15 is 0 Å². The van der Waals surface area contributed by atoms with Crippen molar-refractivity contribution in [1.29, 1.82) is 0 Å². The second-order valence-corrected chi connectivity index (χ2v) is 7.53. The lowest BCUT2D eigenvalue weighted by Crippen LogP contribution is -2.11. The molecule has 8 nitrogen and oxygen atoms in total. The van der Waals surface area contributed by atoms with E-state index in [0.29, 0.717) is 30.3 Å². The van der Waals surface area contributed by atoms with E-state index in [9.17, 15) is 9.59 Å². The number of aliphatic carboxylic acids is 2. The summed E-state index contributed by atoms with van der Waals surface area (Å²) < 4.78 is 11.0. The van der Waals surface area contributed by atoms with Gasteiger partial charge in [0.1, 0.15) is 5.75 Å². The van der Waals surface area contributed by atoms with E-state index in [0.717, 1.165) is 21.9 Å². The van der Waals surface area contributed by atoms with Crippen LogP contribution in [0.2, 0.25) is 0 Å². The van der Waals surface area contributed by atoms with Crippen LogP contribution in [0.3, 0.4) is 0 Å². The molecule has 0 aliphatic carbocycles. The molecule has 2 N–H and O–H groups in total. The van der Waals surface area contributed by atoms with Gasteiger partial charge in [0, 0.05) is 23.6 Å². The van der Waals surface area contributed by atoms with Gasteiger partial charge in [-0.2, -0.15) is 4.98 Å². The summed E-state index contributed by atoms with van der Waals surface area (Å²) in [5.41, 5.74) is 2.23. The SMILES string of the molecule is O=C(O)CCCOc1ccc2cc(-c3nc(OCC(=O)O)cc(-c4ccccc4)n3)ccc2c1. The fourth-order valence-corrected chi connectivity index (χ4v) is 3.39. The zero-order valence-electron chi connectivity index (χ0n) is 18.2. The van der Waals surface area contributed by atoms with Crippen LogP contribution in [0.1, 0.15) is 12.8 Å². The maximum absolute atomic E-state index is 11.0. The van der Waals surface area contributed by atoms with Crippen molar-refractivity contribution in [3.8, 4) is 34.3 Å². The fraction of sp³-hybridized carbons (Fsp3) is 0.154. The van der Waals surface area contributed by atoms with Crippen LogP contribution in [0.15, 0.2) is 72.8 Å². The minimum absolute atomic E-state index is 0.0666. The van der Waals surface area contributed by atoms with Gasteiger partial charge in [0.2, 0.25) is 5.88 Å². The van der Waals surface area contributed by atoms with E-state index in [4.69, 9.17) is 19.7 Å². The number of nitrogens with zero attached hydrogens (tertiary/aromatic N) is 2. The van der Waals surface area contributed by atoms with E-state index in [-0.39, 0.29) is 12.3 Å². The van der Waals surface area contributed by atoms with Crippen molar-refractivity contribution >= 4 is 22.7 Å². The normalized spacial score (nSPS) is 10.7. The average Bonchev–Trinajstić information content (AvgIpc) is 2.85. The van der Waals surface area contributed by atoms with E-state index < -0.39 is 18.5 Å². The van der Waals surface area contributed by atoms with Crippen molar-refractivity contribution in [3.63, 3.8) is 0 Å². The molecule has 0 unspecified atom stereocenters. The third-order valence-corrected chi connectivity index (χ3v) is 4.99. The van der Waals surface area contributed by atoms with Crippen molar-refractivity contribution in [2.45, 2.75) is 12.8 Å². The van der Waals surface area contributed by atoms with E-state index in [2.05, 4.69) is 9.97 Å². The summed E-state index contributed by atoms with van der Waals surface area (Å²) in [6.07, 6.45) is 0.505. The first kappa shape index (κ1) is 22.7. The number of carbonyl (C=O) groups is 2. The summed E-state index contributed by atoms with van der Waals surface area (Å²) in [5, 5.41) is 19.6. The molecule has 0 radical (unpaired) electrons. The molecule has 4 aromatic rings. The molecule has 0 amide bonds. The number of hydrogen-bond acceptors (Lipinski definition) is 6. The molecule has 0 saturated carbocycles. The number of benzene rings is 3. The Bertz CT molecular complexity index is 1320. The van der Waals surface area contributed by atoms with Gasteiger partial charge in [-0.05, 0) is 35.4 Å². The molecule has 172 valence electrons. The molecule has 0 atom stereocenters. The Morgan fingerprint density at radius 1 is 0.765 bits per heavy atom. The van der Waals surface area contributed by atoms with Gasteiger partial charge in [-0.15, -0.1) is 0 Å². The maximum Gasteiger partial charge on any atom is 0.341 e. The molecule has 0 saturated heterocycles. The molecule has 4 rings (SSSR count). The molecule has 1 heterocycles. The molecule has 3 aromatic carbocycles. The molecule has 1 aromatic heterocycles. The van der Waals surface area contributed by atoms with Crippen molar-refractivity contribution in [2.75, 3.05) is 13.2 Å². The average molecular weight is 458 g/mol. The third-order valence-electron chi connectivity index (χ3n) is 4.99. The predicted molar refractivity (Wildman–Crippen MR) is 126 cm³/mol. The Hall–Kier alpha value is -4.46. The minimum Gasteiger partial charge on any atom is -0.494 e. The summed E-state index contributed by atoms with van der Waals surface area (Å²) in [6.45, 7) is -0.174. The molecule has 8 heteroatoms. The summed E-state index contributed by atoms with van der Waals surface area (Å²) in [4.78, 5) is 30.7. The Labute approximate surface area is 195 Å². The van der Waals surface area contributed by atoms with Gasteiger partial charge in [-0.3, -0.25) is 4.79 Å². The van der Waals surface area contributed by atoms with Crippen molar-refractivity contribution in [1.82, 2.24) is 9.97 Å². The van der Waals surface area contributed by atoms with Gasteiger partial charge in [-0.1, -0.05) is 48.5 Å². The molecule has 0 aliphatic heterocycles. The van der Waals surface area contributed by atoms with E-state index in [1.54, 1.807) is 6.07 Å². The Balaban J connectivity index is 1.62. The standard InChI is InChI=1S/C26H22N2O6/c29-24(30)7-4-12-33-21-11-10-18-13-20(9-8-19(18)14-21)26-27-22(17-5-2-1-3-6-17)15-23(28-26)34-16-25(31)32/h1-3,5-6,8-11,13-15H,4,7,12,16H2,(H,29,30)(H,31,32). The summed E-state index contributed by atoms with van der Waals surface area (Å²) in [7, 11) is 0. The number of aromatic nitrogens is 2.